The van der Waals surface area contributed by atoms with Crippen molar-refractivity contribution in [3.05, 3.63) is 69.8 Å². The number of hydrogen-bond donors (Lipinski definition) is 3. The molecule has 3 heterocycles. The number of ether oxygens (including phenoxy) is 6. The van der Waals surface area contributed by atoms with Gasteiger partial charge in [-0.3, -0.25) is 0 Å². The third-order valence-corrected chi connectivity index (χ3v) is 12.2. The van der Waals surface area contributed by atoms with Crippen LogP contribution in [0.25, 0.3) is 0 Å². The first-order valence-corrected chi connectivity index (χ1v) is 20.2. The summed E-state index contributed by atoms with van der Waals surface area (Å²) in [5.41, 5.74) is 8.16. The van der Waals surface area contributed by atoms with Gasteiger partial charge in [-0.15, -0.1) is 37.2 Å². The Labute approximate surface area is 377 Å². The highest BCUT2D eigenvalue weighted by Gasteiger charge is 2.30. The van der Waals surface area contributed by atoms with Gasteiger partial charge >= 0.3 is 0 Å². The maximum atomic E-state index is 5.75. The molecule has 0 radical (unpaired) electrons. The lowest BCUT2D eigenvalue weighted by molar-refractivity contribution is 0.300. The van der Waals surface area contributed by atoms with Crippen LogP contribution in [0.4, 0.5) is 0 Å². The molecule has 60 heavy (non-hydrogen) atoms. The Morgan fingerprint density at radius 2 is 0.717 bits per heavy atom. The monoisotopic (exact) mass is 905 g/mol. The van der Waals surface area contributed by atoms with Crippen molar-refractivity contribution in [2.75, 3.05) is 42.7 Å². The van der Waals surface area contributed by atoms with Crippen LogP contribution in [0.3, 0.4) is 0 Å². The second-order valence-corrected chi connectivity index (χ2v) is 16.0. The van der Waals surface area contributed by atoms with Crippen molar-refractivity contribution >= 4 is 37.2 Å². The van der Waals surface area contributed by atoms with Crippen LogP contribution in [-0.2, 0) is 19.3 Å². The van der Waals surface area contributed by atoms with Crippen LogP contribution >= 0.6 is 37.2 Å². The highest BCUT2D eigenvalue weighted by atomic mass is 35.5. The Morgan fingerprint density at radius 3 is 1.02 bits per heavy atom. The van der Waals surface area contributed by atoms with Crippen molar-refractivity contribution in [3.8, 4) is 34.5 Å². The molecule has 6 rings (SSSR count). The second-order valence-electron chi connectivity index (χ2n) is 16.0. The normalized spacial score (nSPS) is 21.4. The molecule has 0 saturated heterocycles. The quantitative estimate of drug-likeness (QED) is 0.116. The molecule has 0 aromatic heterocycles. The van der Waals surface area contributed by atoms with Crippen LogP contribution in [-0.4, -0.2) is 77.2 Å². The van der Waals surface area contributed by atoms with Crippen molar-refractivity contribution in [2.24, 2.45) is 5.92 Å². The van der Waals surface area contributed by atoms with E-state index in [2.05, 4.69) is 73.1 Å². The minimum Gasteiger partial charge on any atom is -0.493 e. The molecule has 0 saturated carbocycles. The van der Waals surface area contributed by atoms with Crippen molar-refractivity contribution in [3.63, 3.8) is 0 Å². The van der Waals surface area contributed by atoms with Crippen molar-refractivity contribution in [2.45, 2.75) is 128 Å². The third kappa shape index (κ3) is 13.3. The van der Waals surface area contributed by atoms with E-state index in [4.69, 9.17) is 28.4 Å². The molecule has 3 aromatic rings. The average molecular weight is 907 g/mol. The summed E-state index contributed by atoms with van der Waals surface area (Å²) in [7, 11) is 10.4. The molecule has 12 nitrogen and oxygen atoms in total. The zero-order chi connectivity index (χ0) is 38.4. The maximum absolute atomic E-state index is 5.75. The van der Waals surface area contributed by atoms with Gasteiger partial charge in [-0.25, -0.2) is 0 Å². The summed E-state index contributed by atoms with van der Waals surface area (Å²) in [6.45, 7) is 6.88. The molecule has 3 aliphatic heterocycles. The summed E-state index contributed by atoms with van der Waals surface area (Å²) in [6, 6.07) is 15.3. The van der Waals surface area contributed by atoms with E-state index in [1.54, 1.807) is 42.7 Å². The van der Waals surface area contributed by atoms with Gasteiger partial charge in [-0.2, -0.15) is 0 Å². The Balaban J connectivity index is 0.00000580. The smallest absolute Gasteiger partial charge is 0.161 e. The number of unbranched alkanes of at least 4 members (excludes halogenated alkanes) is 1. The second kappa shape index (κ2) is 26.5. The number of rotatable bonds is 17. The maximum Gasteiger partial charge on any atom is 0.161 e. The molecule has 0 spiro atoms. The number of benzene rings is 3. The summed E-state index contributed by atoms with van der Waals surface area (Å²) in [4.78, 5) is 0. The molecule has 6 unspecified atom stereocenters. The first-order valence-electron chi connectivity index (χ1n) is 20.2. The molecule has 3 aliphatic rings. The molecule has 0 fully saturated rings. The van der Waals surface area contributed by atoms with Gasteiger partial charge in [0, 0.05) is 36.3 Å². The average Bonchev–Trinajstić information content (AvgIpc) is 3.17. The summed E-state index contributed by atoms with van der Waals surface area (Å²) in [5, 5.41) is 11.8. The molecule has 9 N–H and O–H groups in total. The van der Waals surface area contributed by atoms with E-state index in [0.717, 1.165) is 85.9 Å². The van der Waals surface area contributed by atoms with E-state index in [-0.39, 0.29) is 65.7 Å². The predicted octanol–water partition coefficient (Wildman–Crippen LogP) is 7.39. The highest BCUT2D eigenvalue weighted by molar-refractivity contribution is 5.86. The SMILES string of the molecule is COc1cc2c(cc1OC)C(CCCCC(CCC1NC(C)Cc3cc(OC)c(OC)cc31)CCC1NC(C)Cc3cc(OC)c(OC)cc31)NC(C)C2.Cl.Cl.Cl.O.O.O. The zero-order valence-corrected chi connectivity index (χ0v) is 39.4. The molecule has 6 atom stereocenters. The molecule has 0 aliphatic carbocycles. The fourth-order valence-corrected chi connectivity index (χ4v) is 9.52. The standard InChI is InChI=1S/C45H65N3O6.3ClH.3H2O/c1-27-18-31-21-40(49-4)43(52-7)24-34(31)37(46-27)13-11-10-12-30(14-16-38-35-25-44(53-8)41(50-5)22-32(35)19-28(2)47-38)15-17-39-36-26-45(54-9)42(51-6)23-33(36)20-29(3)48-39;;;;;;/h21-30,37-39,46-48H,10-20H2,1-9H3;3*1H;3*1H2. The van der Waals surface area contributed by atoms with Gasteiger partial charge in [0.1, 0.15) is 0 Å². The number of hydrogen-bond acceptors (Lipinski definition) is 9. The van der Waals surface area contributed by atoms with E-state index in [0.29, 0.717) is 30.1 Å². The fourth-order valence-electron chi connectivity index (χ4n) is 9.52. The Kier molecular flexibility index (Phi) is 25.3. The van der Waals surface area contributed by atoms with Gasteiger partial charge in [-0.05, 0) is 148 Å². The summed E-state index contributed by atoms with van der Waals surface area (Å²) in [5.74, 6) is 5.47. The van der Waals surface area contributed by atoms with Crippen molar-refractivity contribution in [1.29, 1.82) is 0 Å². The number of nitrogens with one attached hydrogen (secondary N) is 3. The Bertz CT molecular complexity index is 1660. The summed E-state index contributed by atoms with van der Waals surface area (Å²) in [6.07, 6.45) is 12.2. The molecular weight excluding hydrogens is 833 g/mol. The predicted molar refractivity (Wildman–Crippen MR) is 249 cm³/mol. The van der Waals surface area contributed by atoms with Gasteiger partial charge in [0.2, 0.25) is 0 Å². The van der Waals surface area contributed by atoms with E-state index < -0.39 is 0 Å². The molecule has 15 heteroatoms. The molecular formula is C45H74Cl3N3O9. The molecule has 0 bridgehead atoms. The lowest BCUT2D eigenvalue weighted by Gasteiger charge is -2.35. The largest absolute Gasteiger partial charge is 0.493 e. The summed E-state index contributed by atoms with van der Waals surface area (Å²) < 4.78 is 34.2. The van der Waals surface area contributed by atoms with Crippen LogP contribution in [0.5, 0.6) is 34.5 Å². The highest BCUT2D eigenvalue weighted by Crippen LogP contribution is 2.42. The van der Waals surface area contributed by atoms with Crippen LogP contribution < -0.4 is 44.4 Å². The first kappa shape index (κ1) is 57.1. The van der Waals surface area contributed by atoms with E-state index >= 15 is 0 Å². The zero-order valence-electron chi connectivity index (χ0n) is 37.0. The minimum absolute atomic E-state index is 0. The van der Waals surface area contributed by atoms with Crippen LogP contribution in [0.2, 0.25) is 0 Å². The molecule has 344 valence electrons. The van der Waals surface area contributed by atoms with Gasteiger partial charge in [0.05, 0.1) is 42.7 Å². The molecule has 3 aromatic carbocycles. The number of methoxy groups -OCH3 is 6. The Morgan fingerprint density at radius 1 is 0.433 bits per heavy atom. The fraction of sp³-hybridized carbons (Fsp3) is 0.600. The van der Waals surface area contributed by atoms with Crippen molar-refractivity contribution in [1.82, 2.24) is 16.0 Å². The van der Waals surface area contributed by atoms with E-state index in [1.807, 2.05) is 0 Å². The van der Waals surface area contributed by atoms with Gasteiger partial charge < -0.3 is 60.8 Å². The van der Waals surface area contributed by atoms with Crippen molar-refractivity contribution < 1.29 is 44.8 Å². The number of halogens is 3. The minimum atomic E-state index is 0. The third-order valence-electron chi connectivity index (χ3n) is 12.2. The lowest BCUT2D eigenvalue weighted by Crippen LogP contribution is -2.38. The van der Waals surface area contributed by atoms with Gasteiger partial charge in [0.25, 0.3) is 0 Å². The van der Waals surface area contributed by atoms with E-state index in [9.17, 15) is 0 Å². The summed E-state index contributed by atoms with van der Waals surface area (Å²) >= 11 is 0. The van der Waals surface area contributed by atoms with Crippen LogP contribution in [0.1, 0.15) is 124 Å². The van der Waals surface area contributed by atoms with E-state index in [1.165, 1.54) is 52.6 Å². The first-order chi connectivity index (χ1) is 26.2. The topological polar surface area (TPSA) is 186 Å². The van der Waals surface area contributed by atoms with Crippen LogP contribution in [0, 0.1) is 5.92 Å². The molecule has 0 amide bonds. The van der Waals surface area contributed by atoms with Gasteiger partial charge in [-0.1, -0.05) is 19.3 Å². The van der Waals surface area contributed by atoms with Crippen LogP contribution in [0.15, 0.2) is 36.4 Å². The number of fused-ring (bicyclic) bond motifs is 3. The van der Waals surface area contributed by atoms with Gasteiger partial charge in [0.15, 0.2) is 34.5 Å². The lowest BCUT2D eigenvalue weighted by atomic mass is 9.82. The Hall–Kier alpha value is -2.91.